The Morgan fingerprint density at radius 2 is 1.62 bits per heavy atom. The lowest BCUT2D eigenvalue weighted by atomic mass is 9.96. The van der Waals surface area contributed by atoms with Crippen molar-refractivity contribution in [1.82, 2.24) is 14.3 Å². The van der Waals surface area contributed by atoms with Crippen molar-refractivity contribution in [2.45, 2.75) is 67.2 Å². The van der Waals surface area contributed by atoms with E-state index in [0.29, 0.717) is 26.1 Å². The van der Waals surface area contributed by atoms with Crippen LogP contribution >= 0.6 is 0 Å². The van der Waals surface area contributed by atoms with Crippen LogP contribution in [0.1, 0.15) is 60.9 Å². The van der Waals surface area contributed by atoms with Crippen molar-refractivity contribution < 1.29 is 26.4 Å². The second kappa shape index (κ2) is 11.9. The van der Waals surface area contributed by atoms with Gasteiger partial charge in [-0.3, -0.25) is 4.79 Å². The molecule has 1 amide bonds. The minimum Gasteiger partial charge on any atom is -0.495 e. The molecule has 0 spiro atoms. The number of rotatable bonds is 10. The Morgan fingerprint density at radius 1 is 0.946 bits per heavy atom. The highest BCUT2D eigenvalue weighted by atomic mass is 32.2. The van der Waals surface area contributed by atoms with Crippen molar-refractivity contribution in [2.75, 3.05) is 26.7 Å². The highest BCUT2D eigenvalue weighted by Gasteiger charge is 2.27. The largest absolute Gasteiger partial charge is 0.495 e. The zero-order valence-corrected chi connectivity index (χ0v) is 22.7. The highest BCUT2D eigenvalue weighted by molar-refractivity contribution is 7.89. The lowest BCUT2D eigenvalue weighted by Crippen LogP contribution is -2.36. The molecule has 1 saturated carbocycles. The van der Waals surface area contributed by atoms with Crippen LogP contribution < -0.4 is 14.8 Å². The molecule has 0 aromatic heterocycles. The normalized spacial score (nSPS) is 17.5. The van der Waals surface area contributed by atoms with Crippen LogP contribution in [0, 0.1) is 0 Å². The molecule has 1 aliphatic heterocycles. The van der Waals surface area contributed by atoms with Crippen molar-refractivity contribution in [1.29, 1.82) is 0 Å². The van der Waals surface area contributed by atoms with Gasteiger partial charge in [-0.25, -0.2) is 21.6 Å². The zero-order valence-electron chi connectivity index (χ0n) is 21.1. The minimum absolute atomic E-state index is 0.0528. The smallest absolute Gasteiger partial charge is 0.251 e. The van der Waals surface area contributed by atoms with Crippen LogP contribution in [0.4, 0.5) is 0 Å². The molecule has 1 aliphatic carbocycles. The average Bonchev–Trinajstić information content (AvgIpc) is 3.45. The molecule has 0 radical (unpaired) electrons. The van der Waals surface area contributed by atoms with E-state index < -0.39 is 26.0 Å². The number of ether oxygens (including phenoxy) is 1. The molecule has 2 aliphatic rings. The summed E-state index contributed by atoms with van der Waals surface area (Å²) in [5, 5.41) is 2.81. The summed E-state index contributed by atoms with van der Waals surface area (Å²) in [5.74, 6) is -0.214. The third kappa shape index (κ3) is 6.70. The Bertz CT molecular complexity index is 1300. The van der Waals surface area contributed by atoms with Crippen LogP contribution in [0.25, 0.3) is 0 Å². The van der Waals surface area contributed by atoms with Gasteiger partial charge in [-0.2, -0.15) is 4.31 Å². The van der Waals surface area contributed by atoms with E-state index in [1.165, 1.54) is 29.6 Å². The molecule has 11 heteroatoms. The molecule has 9 nitrogen and oxygen atoms in total. The average molecular weight is 550 g/mol. The summed E-state index contributed by atoms with van der Waals surface area (Å²) in [7, 11) is -5.91. The van der Waals surface area contributed by atoms with Crippen LogP contribution in [-0.4, -0.2) is 59.8 Å². The first-order valence-electron chi connectivity index (χ1n) is 12.8. The van der Waals surface area contributed by atoms with Gasteiger partial charge in [-0.1, -0.05) is 31.4 Å². The fourth-order valence-corrected chi connectivity index (χ4v) is 7.88. The van der Waals surface area contributed by atoms with Gasteiger partial charge < -0.3 is 10.1 Å². The van der Waals surface area contributed by atoms with Gasteiger partial charge in [0.25, 0.3) is 5.91 Å². The van der Waals surface area contributed by atoms with Gasteiger partial charge in [-0.05, 0) is 68.0 Å². The van der Waals surface area contributed by atoms with E-state index in [2.05, 4.69) is 10.0 Å². The fraction of sp³-hybridized carbons (Fsp3) is 0.500. The number of amides is 1. The number of nitrogens with one attached hydrogen (secondary N) is 2. The number of hydrogen-bond acceptors (Lipinski definition) is 6. The van der Waals surface area contributed by atoms with Crippen molar-refractivity contribution in [3.05, 3.63) is 53.6 Å². The maximum Gasteiger partial charge on any atom is 0.251 e. The van der Waals surface area contributed by atoms with E-state index >= 15 is 0 Å². The van der Waals surface area contributed by atoms with Gasteiger partial charge in [0.05, 0.1) is 12.0 Å². The summed E-state index contributed by atoms with van der Waals surface area (Å²) in [6, 6.07) is 11.0. The molecule has 2 N–H and O–H groups in total. The Labute approximate surface area is 219 Å². The van der Waals surface area contributed by atoms with E-state index in [1.807, 2.05) is 0 Å². The van der Waals surface area contributed by atoms with Crippen molar-refractivity contribution in [3.63, 3.8) is 0 Å². The van der Waals surface area contributed by atoms with Gasteiger partial charge in [0, 0.05) is 31.2 Å². The van der Waals surface area contributed by atoms with Crippen LogP contribution in [-0.2, 0) is 26.5 Å². The Morgan fingerprint density at radius 3 is 2.27 bits per heavy atom. The molecule has 202 valence electrons. The molecule has 0 unspecified atom stereocenters. The first kappa shape index (κ1) is 27.6. The molecule has 0 atom stereocenters. The number of sulfonamides is 2. The second-order valence-electron chi connectivity index (χ2n) is 9.58. The molecule has 1 heterocycles. The molecule has 0 bridgehead atoms. The van der Waals surface area contributed by atoms with E-state index in [4.69, 9.17) is 4.74 Å². The fourth-order valence-electron chi connectivity index (χ4n) is 4.86. The third-order valence-corrected chi connectivity index (χ3v) is 10.4. The Hall–Kier alpha value is -2.47. The van der Waals surface area contributed by atoms with Gasteiger partial charge >= 0.3 is 0 Å². The maximum atomic E-state index is 13.1. The van der Waals surface area contributed by atoms with Crippen LogP contribution in [0.5, 0.6) is 5.75 Å². The SMILES string of the molecule is COc1ccc(C(=O)NCCc2ccc(S(=O)(=O)N3CCCC3)cc2)cc1S(=O)(=O)NC1CCCCC1. The summed E-state index contributed by atoms with van der Waals surface area (Å²) < 4.78 is 61.0. The quantitative estimate of drug-likeness (QED) is 0.470. The monoisotopic (exact) mass is 549 g/mol. The topological polar surface area (TPSA) is 122 Å². The standard InChI is InChI=1S/C26H35N3O6S2/c1-35-24-14-11-21(19-25(24)36(31,32)28-22-7-3-2-4-8-22)26(30)27-16-15-20-9-12-23(13-10-20)37(33,34)29-17-5-6-18-29/h9-14,19,22,28H,2-8,15-18H2,1H3,(H,27,30). The zero-order chi connectivity index (χ0) is 26.5. The maximum absolute atomic E-state index is 13.1. The predicted octanol–water partition coefficient (Wildman–Crippen LogP) is 3.06. The highest BCUT2D eigenvalue weighted by Crippen LogP contribution is 2.27. The summed E-state index contributed by atoms with van der Waals surface area (Å²) in [5.41, 5.74) is 1.10. The van der Waals surface area contributed by atoms with Gasteiger partial charge in [0.2, 0.25) is 20.0 Å². The number of hydrogen-bond donors (Lipinski definition) is 2. The van der Waals surface area contributed by atoms with E-state index in [0.717, 1.165) is 50.5 Å². The lowest BCUT2D eigenvalue weighted by Gasteiger charge is -2.23. The summed E-state index contributed by atoms with van der Waals surface area (Å²) in [6.07, 6.45) is 6.96. The Kier molecular flexibility index (Phi) is 8.89. The molecule has 37 heavy (non-hydrogen) atoms. The molecule has 2 fully saturated rings. The lowest BCUT2D eigenvalue weighted by molar-refractivity contribution is 0.0954. The van der Waals surface area contributed by atoms with Gasteiger partial charge in [0.15, 0.2) is 0 Å². The number of carbonyl (C=O) groups excluding carboxylic acids is 1. The molecule has 2 aromatic rings. The number of methoxy groups -OCH3 is 1. The van der Waals surface area contributed by atoms with Crippen LogP contribution in [0.2, 0.25) is 0 Å². The summed E-state index contributed by atoms with van der Waals surface area (Å²) in [4.78, 5) is 13.0. The summed E-state index contributed by atoms with van der Waals surface area (Å²) >= 11 is 0. The minimum atomic E-state index is -3.85. The van der Waals surface area contributed by atoms with Gasteiger partial charge in [0.1, 0.15) is 10.6 Å². The third-order valence-electron chi connectivity index (χ3n) is 6.97. The molecule has 1 saturated heterocycles. The van der Waals surface area contributed by atoms with Crippen molar-refractivity contribution >= 4 is 26.0 Å². The van der Waals surface area contributed by atoms with Crippen LogP contribution in [0.3, 0.4) is 0 Å². The van der Waals surface area contributed by atoms with Gasteiger partial charge in [-0.15, -0.1) is 0 Å². The first-order chi connectivity index (χ1) is 17.7. The number of nitrogens with zero attached hydrogens (tertiary/aromatic N) is 1. The van der Waals surface area contributed by atoms with E-state index in [1.54, 1.807) is 24.3 Å². The predicted molar refractivity (Wildman–Crippen MR) is 141 cm³/mol. The summed E-state index contributed by atoms with van der Waals surface area (Å²) in [6.45, 7) is 1.42. The van der Waals surface area contributed by atoms with Crippen LogP contribution in [0.15, 0.2) is 52.3 Å². The van der Waals surface area contributed by atoms with Crippen molar-refractivity contribution in [3.8, 4) is 5.75 Å². The number of benzene rings is 2. The molecular weight excluding hydrogens is 514 g/mol. The Balaban J connectivity index is 1.37. The number of carbonyl (C=O) groups is 1. The first-order valence-corrected chi connectivity index (χ1v) is 15.7. The van der Waals surface area contributed by atoms with E-state index in [-0.39, 0.29) is 27.1 Å². The second-order valence-corrected chi connectivity index (χ2v) is 13.2. The van der Waals surface area contributed by atoms with E-state index in [9.17, 15) is 21.6 Å². The van der Waals surface area contributed by atoms with Crippen molar-refractivity contribution in [2.24, 2.45) is 0 Å². The molecule has 4 rings (SSSR count). The molecular formula is C26H35N3O6S2. The molecule has 2 aromatic carbocycles.